The molecule has 0 spiro atoms. The minimum absolute atomic E-state index is 0.0102. The molecule has 0 fully saturated rings. The minimum Gasteiger partial charge on any atom is -0.489 e. The Kier molecular flexibility index (Phi) is 4.22. The van der Waals surface area contributed by atoms with Gasteiger partial charge < -0.3 is 14.6 Å². The van der Waals surface area contributed by atoms with Crippen molar-refractivity contribution in [3.63, 3.8) is 0 Å². The van der Waals surface area contributed by atoms with Crippen molar-refractivity contribution in [3.8, 4) is 17.1 Å². The van der Waals surface area contributed by atoms with Crippen LogP contribution in [-0.4, -0.2) is 32.6 Å². The first-order chi connectivity index (χ1) is 13.0. The monoisotopic (exact) mass is 373 g/mol. The Balaban J connectivity index is 1.53. The molecule has 8 nitrogen and oxygen atoms in total. The summed E-state index contributed by atoms with van der Waals surface area (Å²) in [5, 5.41) is 6.36. The van der Waals surface area contributed by atoms with Gasteiger partial charge >= 0.3 is 6.43 Å². The molecule has 0 aromatic carbocycles. The van der Waals surface area contributed by atoms with Crippen LogP contribution in [0.25, 0.3) is 11.4 Å². The number of halogens is 2. The second-order valence-electron chi connectivity index (χ2n) is 5.89. The molecule has 10 heteroatoms. The number of hydrogen-bond donors (Lipinski definition) is 1. The molecular weight excluding hydrogens is 360 g/mol. The van der Waals surface area contributed by atoms with Crippen molar-refractivity contribution in [2.24, 2.45) is 0 Å². The molecule has 3 aromatic heterocycles. The molecule has 4 heterocycles. The zero-order valence-electron chi connectivity index (χ0n) is 14.0. The Labute approximate surface area is 151 Å². The number of nitrogens with one attached hydrogen (secondary N) is 1. The quantitative estimate of drug-likeness (QED) is 0.750. The van der Waals surface area contributed by atoms with E-state index in [1.807, 2.05) is 0 Å². The molecule has 1 amide bonds. The number of hydrogen-bond acceptors (Lipinski definition) is 7. The topological polar surface area (TPSA) is 103 Å². The Bertz CT molecular complexity index is 1010. The van der Waals surface area contributed by atoms with E-state index in [1.165, 1.54) is 6.20 Å². The Hall–Kier alpha value is -3.43. The maximum absolute atomic E-state index is 12.6. The Morgan fingerprint density at radius 1 is 1.33 bits per heavy atom. The third-order valence-corrected chi connectivity index (χ3v) is 3.97. The third-order valence-electron chi connectivity index (χ3n) is 3.97. The molecule has 27 heavy (non-hydrogen) atoms. The normalized spacial score (nSPS) is 15.5. The average Bonchev–Trinajstić information content (AvgIpc) is 3.29. The number of pyridine rings is 2. The van der Waals surface area contributed by atoms with Crippen LogP contribution in [0.4, 0.5) is 8.78 Å². The van der Waals surface area contributed by atoms with Gasteiger partial charge in [-0.15, -0.1) is 0 Å². The van der Waals surface area contributed by atoms with Gasteiger partial charge in [0.15, 0.2) is 0 Å². The first-order valence-corrected chi connectivity index (χ1v) is 7.99. The van der Waals surface area contributed by atoms with Crippen LogP contribution in [0.5, 0.6) is 5.75 Å². The lowest BCUT2D eigenvalue weighted by molar-refractivity contribution is 0.0929. The van der Waals surface area contributed by atoms with Crippen molar-refractivity contribution in [3.05, 3.63) is 53.4 Å². The van der Waals surface area contributed by atoms with Crippen LogP contribution in [0.1, 0.15) is 40.1 Å². The zero-order valence-corrected chi connectivity index (χ0v) is 14.0. The standard InChI is InChI=1S/C17H13F2N5O3/c1-8-4-9(2-3-20-8)16(25)22-11-7-26-12-5-10(6-21-13(11)12)15-23-17(14(18)19)27-24-15/h2-6,11,14H,7H2,1H3,(H,22,25). The molecule has 138 valence electrons. The number of carbonyl (C=O) groups is 1. The van der Waals surface area contributed by atoms with Crippen molar-refractivity contribution in [1.82, 2.24) is 25.4 Å². The Morgan fingerprint density at radius 2 is 2.19 bits per heavy atom. The van der Waals surface area contributed by atoms with Crippen LogP contribution in [0.3, 0.4) is 0 Å². The zero-order chi connectivity index (χ0) is 19.0. The molecule has 1 atom stereocenters. The molecule has 1 unspecified atom stereocenters. The first kappa shape index (κ1) is 17.0. The molecule has 0 saturated heterocycles. The van der Waals surface area contributed by atoms with Crippen molar-refractivity contribution in [2.45, 2.75) is 19.4 Å². The summed E-state index contributed by atoms with van der Waals surface area (Å²) in [5.74, 6) is -0.618. The summed E-state index contributed by atoms with van der Waals surface area (Å²) in [4.78, 5) is 24.3. The largest absolute Gasteiger partial charge is 0.489 e. The molecular formula is C17H13F2N5O3. The van der Waals surface area contributed by atoms with Crippen LogP contribution < -0.4 is 10.1 Å². The molecule has 1 aliphatic rings. The van der Waals surface area contributed by atoms with Crippen LogP contribution in [0, 0.1) is 6.92 Å². The highest BCUT2D eigenvalue weighted by Gasteiger charge is 2.29. The van der Waals surface area contributed by atoms with E-state index in [-0.39, 0.29) is 18.3 Å². The summed E-state index contributed by atoms with van der Waals surface area (Å²) >= 11 is 0. The van der Waals surface area contributed by atoms with Gasteiger partial charge in [0, 0.05) is 29.2 Å². The van der Waals surface area contributed by atoms with Gasteiger partial charge in [0.1, 0.15) is 24.1 Å². The molecule has 1 N–H and O–H groups in total. The number of aromatic nitrogens is 4. The van der Waals surface area contributed by atoms with Crippen molar-refractivity contribution in [1.29, 1.82) is 0 Å². The van der Waals surface area contributed by atoms with E-state index >= 15 is 0 Å². The second-order valence-corrected chi connectivity index (χ2v) is 5.89. The van der Waals surface area contributed by atoms with Gasteiger partial charge in [-0.2, -0.15) is 13.8 Å². The highest BCUT2D eigenvalue weighted by Crippen LogP contribution is 2.33. The lowest BCUT2D eigenvalue weighted by atomic mass is 10.1. The van der Waals surface area contributed by atoms with E-state index in [1.54, 1.807) is 31.3 Å². The van der Waals surface area contributed by atoms with E-state index < -0.39 is 18.4 Å². The Morgan fingerprint density at radius 3 is 2.93 bits per heavy atom. The van der Waals surface area contributed by atoms with Gasteiger partial charge in [-0.05, 0) is 25.1 Å². The van der Waals surface area contributed by atoms with Gasteiger partial charge in [-0.1, -0.05) is 5.16 Å². The van der Waals surface area contributed by atoms with E-state index in [0.29, 0.717) is 22.6 Å². The number of alkyl halides is 2. The predicted molar refractivity (Wildman–Crippen MR) is 87.2 cm³/mol. The lowest BCUT2D eigenvalue weighted by Gasteiger charge is -2.11. The highest BCUT2D eigenvalue weighted by molar-refractivity contribution is 5.94. The summed E-state index contributed by atoms with van der Waals surface area (Å²) in [7, 11) is 0. The van der Waals surface area contributed by atoms with Gasteiger partial charge in [0.2, 0.25) is 5.82 Å². The maximum atomic E-state index is 12.6. The highest BCUT2D eigenvalue weighted by atomic mass is 19.3. The third kappa shape index (κ3) is 3.33. The molecule has 0 aliphatic carbocycles. The van der Waals surface area contributed by atoms with Gasteiger partial charge in [-0.3, -0.25) is 14.8 Å². The van der Waals surface area contributed by atoms with E-state index in [4.69, 9.17) is 4.74 Å². The van der Waals surface area contributed by atoms with Gasteiger partial charge in [0.25, 0.3) is 11.8 Å². The van der Waals surface area contributed by atoms with Gasteiger partial charge in [0.05, 0.1) is 0 Å². The fraction of sp³-hybridized carbons (Fsp3) is 0.235. The average molecular weight is 373 g/mol. The molecule has 4 rings (SSSR count). The summed E-state index contributed by atoms with van der Waals surface area (Å²) in [6, 6.07) is 4.44. The molecule has 0 bridgehead atoms. The number of nitrogens with zero attached hydrogens (tertiary/aromatic N) is 4. The van der Waals surface area contributed by atoms with Crippen LogP contribution in [0.15, 0.2) is 35.1 Å². The molecule has 0 radical (unpaired) electrons. The van der Waals surface area contributed by atoms with Gasteiger partial charge in [-0.25, -0.2) is 0 Å². The second kappa shape index (κ2) is 6.71. The van der Waals surface area contributed by atoms with Crippen molar-refractivity contribution < 1.29 is 22.8 Å². The first-order valence-electron chi connectivity index (χ1n) is 7.99. The summed E-state index contributed by atoms with van der Waals surface area (Å²) in [5.41, 5.74) is 2.13. The smallest absolute Gasteiger partial charge is 0.315 e. The molecule has 0 saturated carbocycles. The van der Waals surface area contributed by atoms with Crippen molar-refractivity contribution >= 4 is 5.91 Å². The SMILES string of the molecule is Cc1cc(C(=O)NC2COc3cc(-c4noc(C(F)F)n4)cnc32)ccn1. The molecule has 3 aromatic rings. The van der Waals surface area contributed by atoms with Crippen LogP contribution in [-0.2, 0) is 0 Å². The number of carbonyl (C=O) groups excluding carboxylic acids is 1. The van der Waals surface area contributed by atoms with E-state index in [2.05, 4.69) is 29.9 Å². The number of aryl methyl sites for hydroxylation is 1. The van der Waals surface area contributed by atoms with E-state index in [0.717, 1.165) is 5.69 Å². The minimum atomic E-state index is -2.85. The lowest BCUT2D eigenvalue weighted by Crippen LogP contribution is -2.29. The summed E-state index contributed by atoms with van der Waals surface area (Å²) < 4.78 is 35.2. The maximum Gasteiger partial charge on any atom is 0.315 e. The summed E-state index contributed by atoms with van der Waals surface area (Å²) in [6.45, 7) is 2.00. The van der Waals surface area contributed by atoms with Crippen molar-refractivity contribution in [2.75, 3.05) is 6.61 Å². The number of amides is 1. The number of fused-ring (bicyclic) bond motifs is 1. The van der Waals surface area contributed by atoms with Crippen LogP contribution >= 0.6 is 0 Å². The fourth-order valence-electron chi connectivity index (χ4n) is 2.69. The summed E-state index contributed by atoms with van der Waals surface area (Å²) in [6.07, 6.45) is 0.136. The fourth-order valence-corrected chi connectivity index (χ4v) is 2.69. The predicted octanol–water partition coefficient (Wildman–Crippen LogP) is 2.64. The molecule has 1 aliphatic heterocycles. The van der Waals surface area contributed by atoms with Crippen LogP contribution in [0.2, 0.25) is 0 Å². The number of rotatable bonds is 4. The van der Waals surface area contributed by atoms with E-state index in [9.17, 15) is 13.6 Å². The number of ether oxygens (including phenoxy) is 1.